The number of pyridine rings is 1. The van der Waals surface area contributed by atoms with Gasteiger partial charge in [0.15, 0.2) is 5.78 Å². The van der Waals surface area contributed by atoms with Crippen LogP contribution in [0.25, 0.3) is 0 Å². The fourth-order valence-corrected chi connectivity index (χ4v) is 4.08. The maximum atomic E-state index is 12.6. The molecule has 1 saturated heterocycles. The van der Waals surface area contributed by atoms with Gasteiger partial charge in [-0.25, -0.2) is 0 Å². The second kappa shape index (κ2) is 6.61. The van der Waals surface area contributed by atoms with E-state index in [4.69, 9.17) is 0 Å². The zero-order chi connectivity index (χ0) is 19.0. The van der Waals surface area contributed by atoms with Gasteiger partial charge in [0, 0.05) is 44.0 Å². The van der Waals surface area contributed by atoms with Crippen molar-refractivity contribution in [2.45, 2.75) is 32.2 Å². The minimum atomic E-state index is -0.171. The molecule has 140 valence electrons. The average molecular weight is 367 g/mol. The van der Waals surface area contributed by atoms with Crippen molar-refractivity contribution < 1.29 is 14.4 Å². The molecule has 0 unspecified atom stereocenters. The number of Topliss-reactive ketones (excluding diaryl/α,β-unsaturated/α-hetero) is 1. The summed E-state index contributed by atoms with van der Waals surface area (Å²) in [6.07, 6.45) is 5.87. The Morgan fingerprint density at radius 3 is 2.67 bits per heavy atom. The lowest BCUT2D eigenvalue weighted by Gasteiger charge is -2.45. The van der Waals surface area contributed by atoms with Gasteiger partial charge in [-0.15, -0.1) is 0 Å². The number of amides is 2. The predicted octanol–water partition coefficient (Wildman–Crippen LogP) is 1.43. The third-order valence-corrected chi connectivity index (χ3v) is 5.53. The lowest BCUT2D eigenvalue weighted by molar-refractivity contribution is 0.0607. The number of aromatic nitrogens is 3. The topological polar surface area (TPSA) is 108 Å². The second-order valence-electron chi connectivity index (χ2n) is 7.51. The number of hydrogen-bond acceptors (Lipinski definition) is 5. The maximum absolute atomic E-state index is 12.6. The van der Waals surface area contributed by atoms with Gasteiger partial charge in [-0.05, 0) is 42.9 Å². The van der Waals surface area contributed by atoms with Crippen molar-refractivity contribution in [1.82, 2.24) is 25.4 Å². The first-order valence-corrected chi connectivity index (χ1v) is 9.02. The van der Waals surface area contributed by atoms with Crippen molar-refractivity contribution in [3.63, 3.8) is 0 Å². The van der Waals surface area contributed by atoms with Crippen molar-refractivity contribution in [2.24, 2.45) is 5.41 Å². The van der Waals surface area contributed by atoms with Gasteiger partial charge < -0.3 is 10.2 Å². The van der Waals surface area contributed by atoms with Crippen LogP contribution in [0, 0.1) is 5.41 Å². The lowest BCUT2D eigenvalue weighted by Crippen LogP contribution is -2.52. The van der Waals surface area contributed by atoms with E-state index in [0.717, 1.165) is 19.3 Å². The van der Waals surface area contributed by atoms with Crippen LogP contribution in [-0.4, -0.2) is 56.8 Å². The van der Waals surface area contributed by atoms with Gasteiger partial charge in [0.1, 0.15) is 11.4 Å². The molecule has 4 rings (SSSR count). The predicted molar refractivity (Wildman–Crippen MR) is 96.3 cm³/mol. The Hall–Kier alpha value is -3.03. The van der Waals surface area contributed by atoms with Crippen molar-refractivity contribution in [3.05, 3.63) is 47.5 Å². The van der Waals surface area contributed by atoms with E-state index >= 15 is 0 Å². The molecule has 1 spiro atoms. The summed E-state index contributed by atoms with van der Waals surface area (Å²) in [5.74, 6) is -0.386. The summed E-state index contributed by atoms with van der Waals surface area (Å²) in [4.78, 5) is 41.9. The molecular formula is C19H21N5O3. The lowest BCUT2D eigenvalue weighted by atomic mass is 9.65. The Kier molecular flexibility index (Phi) is 4.25. The van der Waals surface area contributed by atoms with E-state index in [0.29, 0.717) is 24.3 Å². The third-order valence-electron chi connectivity index (χ3n) is 5.53. The van der Waals surface area contributed by atoms with E-state index in [9.17, 15) is 14.4 Å². The first kappa shape index (κ1) is 17.4. The zero-order valence-corrected chi connectivity index (χ0v) is 15.1. The molecule has 2 N–H and O–H groups in total. The van der Waals surface area contributed by atoms with Crippen LogP contribution in [0.4, 0.5) is 0 Å². The van der Waals surface area contributed by atoms with Gasteiger partial charge >= 0.3 is 0 Å². The van der Waals surface area contributed by atoms with E-state index in [1.807, 2.05) is 0 Å². The van der Waals surface area contributed by atoms with Gasteiger partial charge in [0.2, 0.25) is 0 Å². The number of aromatic amines is 1. The van der Waals surface area contributed by atoms with Crippen LogP contribution in [-0.2, 0) is 0 Å². The molecule has 2 aromatic heterocycles. The quantitative estimate of drug-likeness (QED) is 0.795. The Labute approximate surface area is 156 Å². The Balaban J connectivity index is 1.32. The molecule has 0 bridgehead atoms. The van der Waals surface area contributed by atoms with Crippen molar-refractivity contribution >= 4 is 17.6 Å². The van der Waals surface area contributed by atoms with Crippen LogP contribution in [0.1, 0.15) is 57.5 Å². The Bertz CT molecular complexity index is 886. The number of hydrogen-bond donors (Lipinski definition) is 2. The van der Waals surface area contributed by atoms with Crippen LogP contribution in [0.15, 0.2) is 30.6 Å². The summed E-state index contributed by atoms with van der Waals surface area (Å²) in [5.41, 5.74) is 1.30. The number of H-pyrrole nitrogens is 1. The molecule has 0 atom stereocenters. The number of ketones is 1. The summed E-state index contributed by atoms with van der Waals surface area (Å²) in [7, 11) is 0. The summed E-state index contributed by atoms with van der Waals surface area (Å²) in [5, 5.41) is 9.59. The normalized spacial score (nSPS) is 23.9. The highest BCUT2D eigenvalue weighted by atomic mass is 16.2. The highest BCUT2D eigenvalue weighted by Crippen LogP contribution is 2.48. The van der Waals surface area contributed by atoms with Gasteiger partial charge in [0.25, 0.3) is 11.8 Å². The first-order chi connectivity index (χ1) is 13.0. The van der Waals surface area contributed by atoms with Crippen LogP contribution in [0.5, 0.6) is 0 Å². The number of nitrogens with zero attached hydrogens (tertiary/aromatic N) is 3. The molecule has 27 heavy (non-hydrogen) atoms. The maximum Gasteiger partial charge on any atom is 0.271 e. The summed E-state index contributed by atoms with van der Waals surface area (Å²) in [6, 6.07) is 5.03. The van der Waals surface area contributed by atoms with E-state index in [2.05, 4.69) is 20.5 Å². The minimum absolute atomic E-state index is 0.0786. The number of carbonyl (C=O) groups is 3. The summed E-state index contributed by atoms with van der Waals surface area (Å²) < 4.78 is 0. The van der Waals surface area contributed by atoms with Crippen LogP contribution >= 0.6 is 0 Å². The molecule has 2 aromatic rings. The number of carbonyl (C=O) groups excluding carboxylic acids is 3. The van der Waals surface area contributed by atoms with Gasteiger partial charge in [-0.2, -0.15) is 5.10 Å². The highest BCUT2D eigenvalue weighted by molar-refractivity contribution is 5.97. The molecule has 0 radical (unpaired) electrons. The minimum Gasteiger partial charge on any atom is -0.349 e. The summed E-state index contributed by atoms with van der Waals surface area (Å²) >= 11 is 0. The summed E-state index contributed by atoms with van der Waals surface area (Å²) in [6.45, 7) is 2.77. The average Bonchev–Trinajstić information content (AvgIpc) is 3.29. The molecule has 0 aromatic carbocycles. The van der Waals surface area contributed by atoms with Crippen LogP contribution < -0.4 is 5.32 Å². The van der Waals surface area contributed by atoms with Crippen molar-refractivity contribution in [1.29, 1.82) is 0 Å². The molecule has 1 saturated carbocycles. The van der Waals surface area contributed by atoms with E-state index < -0.39 is 0 Å². The van der Waals surface area contributed by atoms with E-state index in [1.54, 1.807) is 29.4 Å². The molecule has 2 fully saturated rings. The van der Waals surface area contributed by atoms with E-state index in [1.165, 1.54) is 13.0 Å². The van der Waals surface area contributed by atoms with Crippen LogP contribution in [0.2, 0.25) is 0 Å². The van der Waals surface area contributed by atoms with Crippen molar-refractivity contribution in [3.8, 4) is 0 Å². The molecule has 1 aliphatic carbocycles. The smallest absolute Gasteiger partial charge is 0.271 e. The fourth-order valence-electron chi connectivity index (χ4n) is 4.08. The largest absolute Gasteiger partial charge is 0.349 e. The monoisotopic (exact) mass is 367 g/mol. The van der Waals surface area contributed by atoms with Gasteiger partial charge in [0.05, 0.1) is 0 Å². The zero-order valence-electron chi connectivity index (χ0n) is 15.1. The van der Waals surface area contributed by atoms with Crippen molar-refractivity contribution in [2.75, 3.05) is 13.1 Å². The van der Waals surface area contributed by atoms with E-state index in [-0.39, 0.29) is 34.7 Å². The Morgan fingerprint density at radius 2 is 2.00 bits per heavy atom. The standard InChI is InChI=1S/C19H21N5O3/c1-12(25)15-8-16(23-22-15)18(27)24-7-4-19(11-24)9-14(10-19)21-17(26)13-2-5-20-6-3-13/h2-3,5-6,8,14H,4,7,9-11H2,1H3,(H,21,26)(H,22,23). The molecule has 8 nitrogen and oxygen atoms in total. The Morgan fingerprint density at radius 1 is 1.26 bits per heavy atom. The molecule has 8 heteroatoms. The number of likely N-dealkylation sites (tertiary alicyclic amines) is 1. The molecule has 3 heterocycles. The highest BCUT2D eigenvalue weighted by Gasteiger charge is 2.50. The first-order valence-electron chi connectivity index (χ1n) is 9.02. The SMILES string of the molecule is CC(=O)c1cc(C(=O)N2CCC3(CC(NC(=O)c4ccncc4)C3)C2)[nH]n1. The van der Waals surface area contributed by atoms with Gasteiger partial charge in [-0.1, -0.05) is 0 Å². The fraction of sp³-hybridized carbons (Fsp3) is 0.421. The number of rotatable bonds is 4. The third kappa shape index (κ3) is 3.34. The second-order valence-corrected chi connectivity index (χ2v) is 7.51. The molecular weight excluding hydrogens is 346 g/mol. The molecule has 2 aliphatic rings. The van der Waals surface area contributed by atoms with Crippen LogP contribution in [0.3, 0.4) is 0 Å². The molecule has 2 amide bonds. The van der Waals surface area contributed by atoms with Gasteiger partial charge in [-0.3, -0.25) is 24.5 Å². The molecule has 1 aliphatic heterocycles. The number of nitrogens with one attached hydrogen (secondary N) is 2.